The van der Waals surface area contributed by atoms with Gasteiger partial charge in [-0.1, -0.05) is 60.7 Å². The Balaban J connectivity index is 2.20. The van der Waals surface area contributed by atoms with E-state index in [0.29, 0.717) is 13.0 Å². The Kier molecular flexibility index (Phi) is 8.11. The molecule has 0 unspecified atom stereocenters. The van der Waals surface area contributed by atoms with Gasteiger partial charge >= 0.3 is 5.97 Å². The first-order chi connectivity index (χ1) is 13.8. The number of esters is 1. The van der Waals surface area contributed by atoms with Crippen LogP contribution < -0.4 is 0 Å². The normalized spacial score (nSPS) is 14.7. The van der Waals surface area contributed by atoms with Crippen molar-refractivity contribution in [1.29, 1.82) is 0 Å². The molecule has 0 saturated heterocycles. The molecule has 5 heteroatoms. The maximum atomic E-state index is 13.3. The van der Waals surface area contributed by atoms with E-state index in [1.165, 1.54) is 21.0 Å². The standard InChI is InChI=1S/C24H30O5/c1-17(29-16-19-13-9-6-10-14-19)21(25)20(15-18-11-7-5-8-12-18)22(26)24(2,3)23(27)28-4/h5-14,17,20-21,25H,15-16H2,1-4H3/t17-,20+,21-/m0/s1. The minimum Gasteiger partial charge on any atom is -0.468 e. The maximum Gasteiger partial charge on any atom is 0.318 e. The zero-order chi connectivity index (χ0) is 21.4. The van der Waals surface area contributed by atoms with Gasteiger partial charge in [0.1, 0.15) is 5.41 Å². The SMILES string of the molecule is COC(=O)C(C)(C)C(=O)[C@H](Cc1ccccc1)[C@@H](O)[C@H](C)OCc1ccccc1. The molecule has 2 rings (SSSR count). The molecule has 156 valence electrons. The molecule has 0 aliphatic rings. The van der Waals surface area contributed by atoms with Crippen molar-refractivity contribution in [3.8, 4) is 0 Å². The number of carbonyl (C=O) groups excluding carboxylic acids is 2. The quantitative estimate of drug-likeness (QED) is 0.489. The third-order valence-corrected chi connectivity index (χ3v) is 5.20. The average Bonchev–Trinajstić information content (AvgIpc) is 2.75. The summed E-state index contributed by atoms with van der Waals surface area (Å²) < 4.78 is 10.6. The number of hydrogen-bond donors (Lipinski definition) is 1. The molecule has 0 spiro atoms. The van der Waals surface area contributed by atoms with Gasteiger partial charge in [0.2, 0.25) is 0 Å². The van der Waals surface area contributed by atoms with Gasteiger partial charge in [0.25, 0.3) is 0 Å². The van der Waals surface area contributed by atoms with Gasteiger partial charge < -0.3 is 14.6 Å². The van der Waals surface area contributed by atoms with Crippen LogP contribution >= 0.6 is 0 Å². The van der Waals surface area contributed by atoms with Gasteiger partial charge in [0.15, 0.2) is 5.78 Å². The summed E-state index contributed by atoms with van der Waals surface area (Å²) in [5, 5.41) is 11.0. The summed E-state index contributed by atoms with van der Waals surface area (Å²) >= 11 is 0. The Hall–Kier alpha value is -2.50. The van der Waals surface area contributed by atoms with Gasteiger partial charge in [-0.15, -0.1) is 0 Å². The molecule has 2 aromatic rings. The number of ether oxygens (including phenoxy) is 2. The largest absolute Gasteiger partial charge is 0.468 e. The van der Waals surface area contributed by atoms with E-state index in [1.54, 1.807) is 6.92 Å². The number of hydrogen-bond acceptors (Lipinski definition) is 5. The number of aliphatic hydroxyl groups excluding tert-OH is 1. The molecule has 3 atom stereocenters. The molecule has 0 aliphatic heterocycles. The molecule has 0 aliphatic carbocycles. The van der Waals surface area contributed by atoms with Crippen LogP contribution in [0.5, 0.6) is 0 Å². The van der Waals surface area contributed by atoms with E-state index in [4.69, 9.17) is 9.47 Å². The number of carbonyl (C=O) groups is 2. The highest BCUT2D eigenvalue weighted by Gasteiger charge is 2.44. The first kappa shape index (κ1) is 22.8. The van der Waals surface area contributed by atoms with Gasteiger partial charge in [-0.3, -0.25) is 9.59 Å². The summed E-state index contributed by atoms with van der Waals surface area (Å²) in [6.07, 6.45) is -1.36. The van der Waals surface area contributed by atoms with Crippen LogP contribution in [-0.2, 0) is 32.1 Å². The monoisotopic (exact) mass is 398 g/mol. The number of Topliss-reactive ketones (excluding diaryl/α,β-unsaturated/α-hetero) is 1. The van der Waals surface area contributed by atoms with Gasteiger partial charge in [-0.2, -0.15) is 0 Å². The zero-order valence-electron chi connectivity index (χ0n) is 17.5. The lowest BCUT2D eigenvalue weighted by Gasteiger charge is -2.32. The Morgan fingerprint density at radius 2 is 1.48 bits per heavy atom. The van der Waals surface area contributed by atoms with Crippen LogP contribution in [0.4, 0.5) is 0 Å². The number of aliphatic hydroxyl groups is 1. The Bertz CT molecular complexity index is 785. The second-order valence-corrected chi connectivity index (χ2v) is 7.77. The van der Waals surface area contributed by atoms with Crippen LogP contribution in [0.2, 0.25) is 0 Å². The van der Waals surface area contributed by atoms with E-state index in [1.807, 2.05) is 60.7 Å². The van der Waals surface area contributed by atoms with Crippen LogP contribution in [0.1, 0.15) is 31.9 Å². The first-order valence-electron chi connectivity index (χ1n) is 9.77. The molecule has 0 radical (unpaired) electrons. The summed E-state index contributed by atoms with van der Waals surface area (Å²) in [4.78, 5) is 25.5. The van der Waals surface area contributed by atoms with Crippen molar-refractivity contribution in [3.63, 3.8) is 0 Å². The summed E-state index contributed by atoms with van der Waals surface area (Å²) in [5.41, 5.74) is 0.516. The zero-order valence-corrected chi connectivity index (χ0v) is 17.5. The van der Waals surface area contributed by atoms with E-state index in [0.717, 1.165) is 11.1 Å². The molecule has 29 heavy (non-hydrogen) atoms. The van der Waals surface area contributed by atoms with Crippen molar-refractivity contribution in [2.75, 3.05) is 7.11 Å². The van der Waals surface area contributed by atoms with E-state index in [-0.39, 0.29) is 5.78 Å². The fraction of sp³-hybridized carbons (Fsp3) is 0.417. The maximum absolute atomic E-state index is 13.3. The van der Waals surface area contributed by atoms with Gasteiger partial charge in [-0.25, -0.2) is 0 Å². The molecule has 0 heterocycles. The molecule has 5 nitrogen and oxygen atoms in total. The van der Waals surface area contributed by atoms with Crippen molar-refractivity contribution >= 4 is 11.8 Å². The van der Waals surface area contributed by atoms with Crippen LogP contribution in [0.25, 0.3) is 0 Å². The van der Waals surface area contributed by atoms with Crippen LogP contribution in [0.15, 0.2) is 60.7 Å². The fourth-order valence-electron chi connectivity index (χ4n) is 3.28. The topological polar surface area (TPSA) is 72.8 Å². The molecule has 0 aromatic heterocycles. The minimum absolute atomic E-state index is 0.306. The van der Waals surface area contributed by atoms with Crippen LogP contribution in [0, 0.1) is 11.3 Å². The van der Waals surface area contributed by atoms with Crippen LogP contribution in [0.3, 0.4) is 0 Å². The van der Waals surface area contributed by atoms with E-state index >= 15 is 0 Å². The van der Waals surface area contributed by atoms with Crippen molar-refractivity contribution in [2.45, 2.75) is 46.0 Å². The summed E-state index contributed by atoms with van der Waals surface area (Å²) in [5.74, 6) is -1.79. The van der Waals surface area contributed by atoms with Crippen molar-refractivity contribution in [3.05, 3.63) is 71.8 Å². The van der Waals surface area contributed by atoms with Gasteiger partial charge in [0.05, 0.1) is 31.8 Å². The van der Waals surface area contributed by atoms with Gasteiger partial charge in [-0.05, 0) is 38.3 Å². The fourth-order valence-corrected chi connectivity index (χ4v) is 3.28. The van der Waals surface area contributed by atoms with E-state index < -0.39 is 29.5 Å². The molecule has 2 aromatic carbocycles. The number of ketones is 1. The van der Waals surface area contributed by atoms with Crippen molar-refractivity contribution in [1.82, 2.24) is 0 Å². The third-order valence-electron chi connectivity index (χ3n) is 5.20. The average molecular weight is 398 g/mol. The molecular weight excluding hydrogens is 368 g/mol. The highest BCUT2D eigenvalue weighted by molar-refractivity contribution is 6.04. The third kappa shape index (κ3) is 5.99. The summed E-state index contributed by atoms with van der Waals surface area (Å²) in [6, 6.07) is 19.1. The highest BCUT2D eigenvalue weighted by atomic mass is 16.5. The van der Waals surface area contributed by atoms with E-state index in [2.05, 4.69) is 0 Å². The summed E-state index contributed by atoms with van der Waals surface area (Å²) in [6.45, 7) is 5.12. The number of rotatable bonds is 10. The second-order valence-electron chi connectivity index (χ2n) is 7.77. The number of methoxy groups -OCH3 is 1. The lowest BCUT2D eigenvalue weighted by atomic mass is 9.75. The first-order valence-corrected chi connectivity index (χ1v) is 9.77. The predicted octanol–water partition coefficient (Wildman–Crippen LogP) is 3.58. The Morgan fingerprint density at radius 3 is 2.00 bits per heavy atom. The molecule has 0 saturated carbocycles. The van der Waals surface area contributed by atoms with Gasteiger partial charge in [0, 0.05) is 0 Å². The molecular formula is C24H30O5. The highest BCUT2D eigenvalue weighted by Crippen LogP contribution is 2.29. The van der Waals surface area contributed by atoms with Crippen molar-refractivity contribution < 1.29 is 24.2 Å². The molecule has 0 fully saturated rings. The smallest absolute Gasteiger partial charge is 0.318 e. The Labute approximate surface area is 172 Å². The molecule has 0 bridgehead atoms. The Morgan fingerprint density at radius 1 is 0.966 bits per heavy atom. The number of benzene rings is 2. The second kappa shape index (κ2) is 10.3. The lowest BCUT2D eigenvalue weighted by Crippen LogP contribution is -2.47. The predicted molar refractivity (Wildman–Crippen MR) is 111 cm³/mol. The minimum atomic E-state index is -1.37. The summed E-state index contributed by atoms with van der Waals surface area (Å²) in [7, 11) is 1.26. The van der Waals surface area contributed by atoms with Crippen molar-refractivity contribution in [2.24, 2.45) is 11.3 Å². The molecule has 0 amide bonds. The lowest BCUT2D eigenvalue weighted by molar-refractivity contribution is -0.160. The van der Waals surface area contributed by atoms with Crippen LogP contribution in [-0.4, -0.2) is 36.2 Å². The molecule has 1 N–H and O–H groups in total. The van der Waals surface area contributed by atoms with E-state index in [9.17, 15) is 14.7 Å².